The number of carbonyl (C=O) groups excluding carboxylic acids is 1. The molecular weight excluding hydrogens is 370 g/mol. The van der Waals surface area contributed by atoms with Crippen LogP contribution in [0.2, 0.25) is 0 Å². The fourth-order valence-corrected chi connectivity index (χ4v) is 2.40. The average Bonchev–Trinajstić information content (AvgIpc) is 2.61. The molecule has 0 radical (unpaired) electrons. The van der Waals surface area contributed by atoms with Crippen molar-refractivity contribution in [2.45, 2.75) is 6.54 Å². The predicted octanol–water partition coefficient (Wildman–Crippen LogP) is 3.31. The van der Waals surface area contributed by atoms with Gasteiger partial charge < -0.3 is 10.6 Å². The topological polar surface area (TPSA) is 79.8 Å². The molecule has 0 saturated carbocycles. The van der Waals surface area contributed by atoms with Crippen LogP contribution in [0.4, 0.5) is 11.5 Å². The Morgan fingerprint density at radius 1 is 1.08 bits per heavy atom. The van der Waals surface area contributed by atoms with E-state index in [9.17, 15) is 4.79 Å². The van der Waals surface area contributed by atoms with Crippen molar-refractivity contribution in [1.29, 1.82) is 0 Å². The Hall–Kier alpha value is -2.80. The summed E-state index contributed by atoms with van der Waals surface area (Å²) in [6.07, 6.45) is 6.35. The molecule has 0 spiro atoms. The molecule has 3 rings (SSSR count). The number of carbonyl (C=O) groups is 1. The summed E-state index contributed by atoms with van der Waals surface area (Å²) in [7, 11) is 0. The second kappa shape index (κ2) is 7.65. The number of amides is 1. The Morgan fingerprint density at radius 3 is 2.62 bits per heavy atom. The lowest BCUT2D eigenvalue weighted by Gasteiger charge is -2.07. The Balaban J connectivity index is 1.60. The molecule has 0 unspecified atom stereocenters. The maximum atomic E-state index is 12.1. The van der Waals surface area contributed by atoms with Gasteiger partial charge in [-0.2, -0.15) is 0 Å². The fraction of sp³-hybridized carbons (Fsp3) is 0.0588. The van der Waals surface area contributed by atoms with E-state index in [1.54, 1.807) is 12.4 Å². The zero-order valence-electron chi connectivity index (χ0n) is 12.6. The smallest absolute Gasteiger partial charge is 0.271 e. The first-order valence-corrected chi connectivity index (χ1v) is 8.02. The molecule has 2 aromatic heterocycles. The van der Waals surface area contributed by atoms with Gasteiger partial charge in [-0.1, -0.05) is 22.0 Å². The molecule has 24 heavy (non-hydrogen) atoms. The lowest BCUT2D eigenvalue weighted by Crippen LogP contribution is -2.24. The molecule has 0 aliphatic heterocycles. The number of halogens is 1. The Kier molecular flexibility index (Phi) is 5.12. The van der Waals surface area contributed by atoms with Crippen LogP contribution in [0, 0.1) is 0 Å². The minimum Gasteiger partial charge on any atom is -0.347 e. The highest BCUT2D eigenvalue weighted by atomic mass is 79.9. The Labute approximate surface area is 147 Å². The molecule has 1 amide bonds. The first kappa shape index (κ1) is 16.1. The lowest BCUT2D eigenvalue weighted by molar-refractivity contribution is 0.0945. The van der Waals surface area contributed by atoms with E-state index in [1.807, 2.05) is 36.4 Å². The third-order valence-electron chi connectivity index (χ3n) is 3.18. The van der Waals surface area contributed by atoms with E-state index in [0.29, 0.717) is 12.4 Å². The van der Waals surface area contributed by atoms with Crippen LogP contribution in [-0.2, 0) is 6.54 Å². The number of nitrogens with one attached hydrogen (secondary N) is 2. The number of rotatable bonds is 5. The second-order valence-electron chi connectivity index (χ2n) is 4.96. The van der Waals surface area contributed by atoms with Crippen molar-refractivity contribution in [1.82, 2.24) is 20.3 Å². The maximum absolute atomic E-state index is 12.1. The number of anilines is 2. The zero-order chi connectivity index (χ0) is 16.8. The largest absolute Gasteiger partial charge is 0.347 e. The van der Waals surface area contributed by atoms with Crippen molar-refractivity contribution in [3.63, 3.8) is 0 Å². The van der Waals surface area contributed by atoms with Gasteiger partial charge in [0, 0.05) is 29.1 Å². The van der Waals surface area contributed by atoms with Gasteiger partial charge in [0.05, 0.1) is 12.4 Å². The van der Waals surface area contributed by atoms with E-state index in [4.69, 9.17) is 0 Å². The molecule has 2 N–H and O–H groups in total. The normalized spacial score (nSPS) is 10.2. The summed E-state index contributed by atoms with van der Waals surface area (Å²) in [6, 6.07) is 11.4. The van der Waals surface area contributed by atoms with Gasteiger partial charge in [0.25, 0.3) is 5.91 Å². The zero-order valence-corrected chi connectivity index (χ0v) is 14.2. The minimum absolute atomic E-state index is 0.267. The average molecular weight is 384 g/mol. The molecule has 0 aliphatic rings. The van der Waals surface area contributed by atoms with Gasteiger partial charge in [-0.15, -0.1) is 0 Å². The van der Waals surface area contributed by atoms with Gasteiger partial charge >= 0.3 is 0 Å². The summed E-state index contributed by atoms with van der Waals surface area (Å²) in [5.41, 5.74) is 2.12. The van der Waals surface area contributed by atoms with E-state index in [0.717, 1.165) is 15.7 Å². The van der Waals surface area contributed by atoms with Crippen LogP contribution in [0.1, 0.15) is 16.1 Å². The molecule has 7 heteroatoms. The van der Waals surface area contributed by atoms with Crippen LogP contribution in [0.3, 0.4) is 0 Å². The van der Waals surface area contributed by atoms with Crippen molar-refractivity contribution in [3.05, 3.63) is 76.9 Å². The van der Waals surface area contributed by atoms with Crippen molar-refractivity contribution in [3.8, 4) is 0 Å². The van der Waals surface area contributed by atoms with E-state index in [2.05, 4.69) is 41.5 Å². The molecule has 0 atom stereocenters. The number of aromatic nitrogens is 3. The first-order valence-electron chi connectivity index (χ1n) is 7.22. The highest BCUT2D eigenvalue weighted by molar-refractivity contribution is 9.10. The van der Waals surface area contributed by atoms with Crippen molar-refractivity contribution in [2.75, 3.05) is 5.32 Å². The molecule has 3 aromatic rings. The van der Waals surface area contributed by atoms with E-state index < -0.39 is 0 Å². The molecular formula is C17H14BrN5O. The first-order chi connectivity index (χ1) is 11.7. The highest BCUT2D eigenvalue weighted by Crippen LogP contribution is 2.18. The molecule has 0 aliphatic carbocycles. The second-order valence-corrected chi connectivity index (χ2v) is 5.88. The quantitative estimate of drug-likeness (QED) is 0.706. The van der Waals surface area contributed by atoms with Crippen LogP contribution in [0.15, 0.2) is 65.7 Å². The maximum Gasteiger partial charge on any atom is 0.271 e. The van der Waals surface area contributed by atoms with E-state index in [1.165, 1.54) is 12.4 Å². The van der Waals surface area contributed by atoms with Crippen LogP contribution in [0.5, 0.6) is 0 Å². The predicted molar refractivity (Wildman–Crippen MR) is 94.9 cm³/mol. The summed E-state index contributed by atoms with van der Waals surface area (Å²) in [5.74, 6) is 0.298. The monoisotopic (exact) mass is 383 g/mol. The van der Waals surface area contributed by atoms with Crippen molar-refractivity contribution in [2.24, 2.45) is 0 Å². The third kappa shape index (κ3) is 4.36. The van der Waals surface area contributed by atoms with E-state index >= 15 is 0 Å². The van der Waals surface area contributed by atoms with Gasteiger partial charge in [-0.25, -0.2) is 9.97 Å². The summed E-state index contributed by atoms with van der Waals surface area (Å²) in [4.78, 5) is 24.4. The van der Waals surface area contributed by atoms with Gasteiger partial charge in [-0.05, 0) is 35.9 Å². The summed E-state index contributed by atoms with van der Waals surface area (Å²) < 4.78 is 0.965. The summed E-state index contributed by atoms with van der Waals surface area (Å²) >= 11 is 3.41. The molecule has 1 aromatic carbocycles. The van der Waals surface area contributed by atoms with Gasteiger partial charge in [0.2, 0.25) is 0 Å². The SMILES string of the molecule is O=C(NCc1ccncc1)c1cnc(Nc2cccc(Br)c2)cn1. The number of hydrogen-bond donors (Lipinski definition) is 2. The van der Waals surface area contributed by atoms with Crippen molar-refractivity contribution >= 4 is 33.3 Å². The van der Waals surface area contributed by atoms with Crippen LogP contribution >= 0.6 is 15.9 Å². The Bertz CT molecular complexity index is 824. The highest BCUT2D eigenvalue weighted by Gasteiger charge is 2.08. The lowest BCUT2D eigenvalue weighted by atomic mass is 10.2. The number of nitrogens with zero attached hydrogens (tertiary/aromatic N) is 3. The number of hydrogen-bond acceptors (Lipinski definition) is 5. The Morgan fingerprint density at radius 2 is 1.92 bits per heavy atom. The fourth-order valence-electron chi connectivity index (χ4n) is 2.00. The standard InChI is InChI=1S/C17H14BrN5O/c18-13-2-1-3-14(8-13)23-16-11-20-15(10-21-16)17(24)22-9-12-4-6-19-7-5-12/h1-8,10-11H,9H2,(H,21,23)(H,22,24). The summed E-state index contributed by atoms with van der Waals surface area (Å²) in [6.45, 7) is 0.418. The minimum atomic E-state index is -0.270. The third-order valence-corrected chi connectivity index (χ3v) is 3.68. The molecule has 6 nitrogen and oxygen atoms in total. The number of pyridine rings is 1. The number of benzene rings is 1. The van der Waals surface area contributed by atoms with Crippen LogP contribution < -0.4 is 10.6 Å². The molecule has 0 saturated heterocycles. The molecule has 0 fully saturated rings. The van der Waals surface area contributed by atoms with Crippen molar-refractivity contribution < 1.29 is 4.79 Å². The van der Waals surface area contributed by atoms with Gasteiger partial charge in [-0.3, -0.25) is 9.78 Å². The molecule has 0 bridgehead atoms. The summed E-state index contributed by atoms with van der Waals surface area (Å²) in [5, 5.41) is 5.92. The van der Waals surface area contributed by atoms with Gasteiger partial charge in [0.15, 0.2) is 0 Å². The molecule has 120 valence electrons. The van der Waals surface area contributed by atoms with Gasteiger partial charge in [0.1, 0.15) is 11.5 Å². The van der Waals surface area contributed by atoms with Crippen LogP contribution in [-0.4, -0.2) is 20.9 Å². The van der Waals surface area contributed by atoms with E-state index in [-0.39, 0.29) is 11.6 Å². The molecule has 2 heterocycles. The van der Waals surface area contributed by atoms with Crippen LogP contribution in [0.25, 0.3) is 0 Å².